The van der Waals surface area contributed by atoms with Crippen LogP contribution >= 0.6 is 15.9 Å². The summed E-state index contributed by atoms with van der Waals surface area (Å²) < 4.78 is 32.2. The van der Waals surface area contributed by atoms with Crippen molar-refractivity contribution in [3.05, 3.63) is 101 Å². The highest BCUT2D eigenvalue weighted by Gasteiger charge is 2.50. The minimum absolute atomic E-state index is 0.0108. The molecule has 0 aliphatic carbocycles. The zero-order chi connectivity index (χ0) is 31.1. The fourth-order valence-electron chi connectivity index (χ4n) is 5.98. The lowest BCUT2D eigenvalue weighted by molar-refractivity contribution is -0.148. The van der Waals surface area contributed by atoms with Gasteiger partial charge in [0.25, 0.3) is 8.32 Å². The van der Waals surface area contributed by atoms with Crippen LogP contribution in [-0.4, -0.2) is 46.1 Å². The maximum atomic E-state index is 7.08. The van der Waals surface area contributed by atoms with Crippen LogP contribution in [0.2, 0.25) is 5.04 Å². The third kappa shape index (κ3) is 8.68. The fourth-order valence-corrected chi connectivity index (χ4v) is 11.0. The lowest BCUT2D eigenvalue weighted by atomic mass is 10.0. The van der Waals surface area contributed by atoms with Crippen molar-refractivity contribution in [1.29, 1.82) is 0 Å². The van der Waals surface area contributed by atoms with E-state index in [9.17, 15) is 0 Å². The molecule has 1 aliphatic rings. The average molecular weight is 668 g/mol. The van der Waals surface area contributed by atoms with Crippen molar-refractivity contribution in [3.8, 4) is 5.75 Å². The van der Waals surface area contributed by atoms with Gasteiger partial charge in [0.2, 0.25) is 0 Å². The number of methoxy groups -OCH3 is 1. The molecule has 3 aromatic rings. The predicted octanol–water partition coefficient (Wildman–Crippen LogP) is 7.76. The molecule has 3 atom stereocenters. The predicted molar refractivity (Wildman–Crippen MR) is 181 cm³/mol. The topological polar surface area (TPSA) is 46.2 Å². The van der Waals surface area contributed by atoms with Gasteiger partial charge in [-0.3, -0.25) is 0 Å². The van der Waals surface area contributed by atoms with Gasteiger partial charge in [0.1, 0.15) is 5.75 Å². The van der Waals surface area contributed by atoms with Crippen LogP contribution in [0.4, 0.5) is 0 Å². The molecule has 0 amide bonds. The quantitative estimate of drug-likeness (QED) is 0.175. The Morgan fingerprint density at radius 1 is 0.930 bits per heavy atom. The molecule has 1 fully saturated rings. The monoisotopic (exact) mass is 666 g/mol. The van der Waals surface area contributed by atoms with Crippen LogP contribution in [0.25, 0.3) is 0 Å². The lowest BCUT2D eigenvalue weighted by Gasteiger charge is -2.42. The van der Waals surface area contributed by atoms with Crippen LogP contribution in [0.15, 0.2) is 95.5 Å². The summed E-state index contributed by atoms with van der Waals surface area (Å²) in [7, 11) is -0.946. The van der Waals surface area contributed by atoms with Crippen LogP contribution in [0.5, 0.6) is 5.75 Å². The van der Waals surface area contributed by atoms with Crippen LogP contribution in [0.3, 0.4) is 0 Å². The van der Waals surface area contributed by atoms with Gasteiger partial charge in [-0.15, -0.1) is 0 Å². The Morgan fingerprint density at radius 2 is 1.51 bits per heavy atom. The van der Waals surface area contributed by atoms with E-state index in [0.717, 1.165) is 22.2 Å². The first-order chi connectivity index (χ1) is 20.4. The van der Waals surface area contributed by atoms with Crippen LogP contribution in [-0.2, 0) is 25.2 Å². The molecular formula is C36H47BrO5Si. The minimum Gasteiger partial charge on any atom is -0.497 e. The summed E-state index contributed by atoms with van der Waals surface area (Å²) in [5.41, 5.74) is 1.10. The third-order valence-corrected chi connectivity index (χ3v) is 13.7. The van der Waals surface area contributed by atoms with Crippen LogP contribution < -0.4 is 15.1 Å². The van der Waals surface area contributed by atoms with Gasteiger partial charge in [-0.1, -0.05) is 109 Å². The summed E-state index contributed by atoms with van der Waals surface area (Å²) in [6, 6.07) is 29.5. The molecule has 0 spiro atoms. The Morgan fingerprint density at radius 3 is 2.00 bits per heavy atom. The third-order valence-electron chi connectivity index (χ3n) is 8.01. The van der Waals surface area contributed by atoms with Crippen molar-refractivity contribution >= 4 is 34.6 Å². The summed E-state index contributed by atoms with van der Waals surface area (Å²) in [4.78, 5) is 0. The van der Waals surface area contributed by atoms with Gasteiger partial charge >= 0.3 is 0 Å². The van der Waals surface area contributed by atoms with E-state index in [1.165, 1.54) is 10.4 Å². The first kappa shape index (κ1) is 33.6. The molecule has 0 unspecified atom stereocenters. The Balaban J connectivity index is 1.52. The summed E-state index contributed by atoms with van der Waals surface area (Å²) in [5, 5.41) is 2.46. The highest BCUT2D eigenvalue weighted by Crippen LogP contribution is 2.37. The zero-order valence-corrected chi connectivity index (χ0v) is 29.2. The van der Waals surface area contributed by atoms with Gasteiger partial charge in [-0.2, -0.15) is 0 Å². The van der Waals surface area contributed by atoms with Gasteiger partial charge in [0.05, 0.1) is 38.6 Å². The van der Waals surface area contributed by atoms with Crippen LogP contribution in [0.1, 0.15) is 59.9 Å². The van der Waals surface area contributed by atoms with Gasteiger partial charge in [-0.05, 0) is 64.4 Å². The highest BCUT2D eigenvalue weighted by molar-refractivity contribution is 9.11. The van der Waals surface area contributed by atoms with E-state index >= 15 is 0 Å². The van der Waals surface area contributed by atoms with E-state index in [2.05, 4.69) is 110 Å². The lowest BCUT2D eigenvalue weighted by Crippen LogP contribution is -2.66. The van der Waals surface area contributed by atoms with Gasteiger partial charge in [-0.25, -0.2) is 0 Å². The summed E-state index contributed by atoms with van der Waals surface area (Å²) in [6.07, 6.45) is 3.44. The zero-order valence-electron chi connectivity index (χ0n) is 26.6. The second-order valence-electron chi connectivity index (χ2n) is 12.7. The van der Waals surface area contributed by atoms with Gasteiger partial charge in [0.15, 0.2) is 5.79 Å². The van der Waals surface area contributed by atoms with Gasteiger partial charge < -0.3 is 23.4 Å². The molecule has 0 bridgehead atoms. The van der Waals surface area contributed by atoms with Crippen molar-refractivity contribution in [1.82, 2.24) is 0 Å². The van der Waals surface area contributed by atoms with Crippen molar-refractivity contribution < 1.29 is 23.4 Å². The van der Waals surface area contributed by atoms with Crippen LogP contribution in [0, 0.1) is 0 Å². The Kier molecular flexibility index (Phi) is 11.5. The van der Waals surface area contributed by atoms with E-state index < -0.39 is 14.1 Å². The van der Waals surface area contributed by atoms with Gasteiger partial charge in [0, 0.05) is 12.8 Å². The second-order valence-corrected chi connectivity index (χ2v) is 18.0. The first-order valence-corrected chi connectivity index (χ1v) is 17.8. The summed E-state index contributed by atoms with van der Waals surface area (Å²) in [5.74, 6) is 0.237. The Bertz CT molecular complexity index is 1270. The molecule has 43 heavy (non-hydrogen) atoms. The highest BCUT2D eigenvalue weighted by atomic mass is 79.9. The Hall–Kier alpha value is -2.26. The number of benzene rings is 3. The molecule has 4 rings (SSSR count). The number of rotatable bonds is 13. The first-order valence-electron chi connectivity index (χ1n) is 15.1. The molecule has 0 radical (unpaired) electrons. The fraction of sp³-hybridized carbons (Fsp3) is 0.444. The Labute approximate surface area is 267 Å². The smallest absolute Gasteiger partial charge is 0.261 e. The summed E-state index contributed by atoms with van der Waals surface area (Å²) >= 11 is 3.87. The number of ether oxygens (including phenoxy) is 4. The standard InChI is InChI=1S/C36H47BrO5Si/c1-27-34(42-36(5,6)41-27)25-31(39-26-28-18-20-30(38-7)21-19-28)24-29(37)22-23-40-43(35(2,3)4,32-14-10-8-11-15-32)33-16-12-9-13-17-33/h8-22,27,31,34H,23-26H2,1-7H3/b29-22+/t27-,31-,34-/m1/s1. The number of hydrogen-bond donors (Lipinski definition) is 0. The molecule has 1 heterocycles. The molecule has 1 aliphatic heterocycles. The molecular weight excluding hydrogens is 620 g/mol. The maximum absolute atomic E-state index is 7.08. The largest absolute Gasteiger partial charge is 0.497 e. The number of hydrogen-bond acceptors (Lipinski definition) is 5. The number of halogens is 1. The molecule has 232 valence electrons. The SMILES string of the molecule is COc1ccc(CO[C@H](C/C(Br)=C\CO[Si](c2ccccc2)(c2ccccc2)C(C)(C)C)C[C@H]2OC(C)(C)O[C@@H]2C)cc1. The van der Waals surface area contributed by atoms with Crippen molar-refractivity contribution in [2.45, 2.75) is 90.1 Å². The van der Waals surface area contributed by atoms with Crippen molar-refractivity contribution in [2.24, 2.45) is 0 Å². The molecule has 0 N–H and O–H groups in total. The van der Waals surface area contributed by atoms with E-state index in [-0.39, 0.29) is 23.4 Å². The molecule has 7 heteroatoms. The van der Waals surface area contributed by atoms with E-state index in [0.29, 0.717) is 19.6 Å². The van der Waals surface area contributed by atoms with E-state index in [1.807, 2.05) is 38.1 Å². The normalized spacial score (nSPS) is 19.8. The van der Waals surface area contributed by atoms with E-state index in [4.69, 9.17) is 23.4 Å². The minimum atomic E-state index is -2.62. The molecule has 0 saturated carbocycles. The second kappa shape index (κ2) is 14.7. The molecule has 3 aromatic carbocycles. The maximum Gasteiger partial charge on any atom is 0.261 e. The summed E-state index contributed by atoms with van der Waals surface area (Å²) in [6.45, 7) is 13.9. The molecule has 5 nitrogen and oxygen atoms in total. The van der Waals surface area contributed by atoms with E-state index in [1.54, 1.807) is 7.11 Å². The average Bonchev–Trinajstić information content (AvgIpc) is 3.24. The van der Waals surface area contributed by atoms with Crippen molar-refractivity contribution in [3.63, 3.8) is 0 Å². The molecule has 1 saturated heterocycles. The van der Waals surface area contributed by atoms with Crippen molar-refractivity contribution in [2.75, 3.05) is 13.7 Å². The molecule has 0 aromatic heterocycles.